The first-order valence-electron chi connectivity index (χ1n) is 7.60. The molecule has 3 nitrogen and oxygen atoms in total. The fraction of sp³-hybridized carbons (Fsp3) is 0.278. The van der Waals surface area contributed by atoms with Gasteiger partial charge in [-0.1, -0.05) is 48.0 Å². The van der Waals surface area contributed by atoms with E-state index in [1.807, 2.05) is 42.5 Å². The zero-order chi connectivity index (χ0) is 15.4. The van der Waals surface area contributed by atoms with E-state index in [4.69, 9.17) is 11.6 Å². The number of piperidine rings is 1. The lowest BCUT2D eigenvalue weighted by Gasteiger charge is -2.24. The van der Waals surface area contributed by atoms with Gasteiger partial charge in [-0.05, 0) is 49.2 Å². The summed E-state index contributed by atoms with van der Waals surface area (Å²) in [6.45, 7) is 1.89. The second-order valence-corrected chi connectivity index (χ2v) is 5.97. The first kappa shape index (κ1) is 15.1. The average molecular weight is 315 g/mol. The molecule has 0 saturated carbocycles. The van der Waals surface area contributed by atoms with Crippen LogP contribution >= 0.6 is 11.6 Å². The van der Waals surface area contributed by atoms with E-state index in [0.29, 0.717) is 10.6 Å². The molecule has 1 heterocycles. The topological polar surface area (TPSA) is 41.1 Å². The van der Waals surface area contributed by atoms with E-state index in [1.165, 1.54) is 0 Å². The molecule has 0 spiro atoms. The summed E-state index contributed by atoms with van der Waals surface area (Å²) < 4.78 is 0. The summed E-state index contributed by atoms with van der Waals surface area (Å²) in [5.41, 5.74) is 2.62. The molecule has 4 heteroatoms. The van der Waals surface area contributed by atoms with Crippen LogP contribution in [0.2, 0.25) is 5.02 Å². The lowest BCUT2D eigenvalue weighted by atomic mass is 10.0. The zero-order valence-electron chi connectivity index (χ0n) is 12.3. The first-order chi connectivity index (χ1) is 10.7. The van der Waals surface area contributed by atoms with Crippen LogP contribution in [0.15, 0.2) is 48.5 Å². The van der Waals surface area contributed by atoms with Crippen LogP contribution in [0.1, 0.15) is 23.2 Å². The monoisotopic (exact) mass is 314 g/mol. The highest BCUT2D eigenvalue weighted by Crippen LogP contribution is 2.25. The van der Waals surface area contributed by atoms with Gasteiger partial charge in [-0.3, -0.25) is 4.79 Å². The Kier molecular flexibility index (Phi) is 4.76. The van der Waals surface area contributed by atoms with E-state index in [9.17, 15) is 4.79 Å². The molecule has 1 amide bonds. The van der Waals surface area contributed by atoms with Gasteiger partial charge in [0.2, 0.25) is 0 Å². The summed E-state index contributed by atoms with van der Waals surface area (Å²) in [7, 11) is 0. The van der Waals surface area contributed by atoms with Crippen molar-refractivity contribution in [2.45, 2.75) is 18.9 Å². The summed E-state index contributed by atoms with van der Waals surface area (Å²) in [5, 5.41) is 6.88. The molecule has 1 aliphatic heterocycles. The van der Waals surface area contributed by atoms with Gasteiger partial charge in [0.05, 0.1) is 10.6 Å². The van der Waals surface area contributed by atoms with E-state index in [-0.39, 0.29) is 11.9 Å². The molecule has 1 fully saturated rings. The van der Waals surface area contributed by atoms with E-state index < -0.39 is 0 Å². The summed E-state index contributed by atoms with van der Waals surface area (Å²) in [5.74, 6) is -0.0883. The Morgan fingerprint density at radius 2 is 1.77 bits per heavy atom. The van der Waals surface area contributed by atoms with Crippen LogP contribution < -0.4 is 10.6 Å². The lowest BCUT2D eigenvalue weighted by Crippen LogP contribution is -2.42. The Bertz CT molecular complexity index is 651. The second kappa shape index (κ2) is 6.95. The van der Waals surface area contributed by atoms with Crippen molar-refractivity contribution in [3.63, 3.8) is 0 Å². The van der Waals surface area contributed by atoms with Gasteiger partial charge < -0.3 is 10.6 Å². The van der Waals surface area contributed by atoms with Gasteiger partial charge in [-0.25, -0.2) is 0 Å². The third-order valence-electron chi connectivity index (χ3n) is 3.99. The Balaban J connectivity index is 1.81. The molecule has 0 atom stereocenters. The number of hydrogen-bond donors (Lipinski definition) is 2. The molecule has 2 aromatic carbocycles. The summed E-state index contributed by atoms with van der Waals surface area (Å²) in [4.78, 5) is 12.5. The maximum absolute atomic E-state index is 12.5. The van der Waals surface area contributed by atoms with E-state index >= 15 is 0 Å². The summed E-state index contributed by atoms with van der Waals surface area (Å²) in [6, 6.07) is 15.8. The first-order valence-corrected chi connectivity index (χ1v) is 7.98. The number of rotatable bonds is 3. The summed E-state index contributed by atoms with van der Waals surface area (Å²) >= 11 is 6.22. The molecule has 0 aromatic heterocycles. The van der Waals surface area contributed by atoms with E-state index in [2.05, 4.69) is 10.6 Å². The number of hydrogen-bond acceptors (Lipinski definition) is 2. The molecular formula is C18H19ClN2O. The molecule has 22 heavy (non-hydrogen) atoms. The van der Waals surface area contributed by atoms with Gasteiger partial charge >= 0.3 is 0 Å². The van der Waals surface area contributed by atoms with Crippen LogP contribution in [0, 0.1) is 0 Å². The third-order valence-corrected chi connectivity index (χ3v) is 4.32. The van der Waals surface area contributed by atoms with Crippen molar-refractivity contribution < 1.29 is 4.79 Å². The third kappa shape index (κ3) is 3.49. The average Bonchev–Trinajstić information content (AvgIpc) is 2.57. The molecule has 3 rings (SSSR count). The maximum atomic E-state index is 12.5. The Labute approximate surface area is 135 Å². The second-order valence-electron chi connectivity index (χ2n) is 5.56. The van der Waals surface area contributed by atoms with Crippen LogP contribution in [-0.4, -0.2) is 25.0 Å². The highest BCUT2D eigenvalue weighted by molar-refractivity contribution is 6.34. The van der Waals surface area contributed by atoms with Gasteiger partial charge in [-0.2, -0.15) is 0 Å². The van der Waals surface area contributed by atoms with Crippen molar-refractivity contribution in [1.82, 2.24) is 10.6 Å². The quantitative estimate of drug-likeness (QED) is 0.910. The Morgan fingerprint density at radius 3 is 2.50 bits per heavy atom. The highest BCUT2D eigenvalue weighted by atomic mass is 35.5. The molecule has 1 saturated heterocycles. The largest absolute Gasteiger partial charge is 0.349 e. The van der Waals surface area contributed by atoms with Crippen LogP contribution in [0.4, 0.5) is 0 Å². The maximum Gasteiger partial charge on any atom is 0.253 e. The molecule has 0 aliphatic carbocycles. The van der Waals surface area contributed by atoms with Crippen LogP contribution in [-0.2, 0) is 0 Å². The van der Waals surface area contributed by atoms with Crippen LogP contribution in [0.5, 0.6) is 0 Å². The number of halogens is 1. The predicted octanol–water partition coefficient (Wildman–Crippen LogP) is 3.49. The van der Waals surface area contributed by atoms with Gasteiger partial charge in [0.25, 0.3) is 5.91 Å². The SMILES string of the molecule is O=C(NC1CCNCC1)c1cc(-c2ccccc2)ccc1Cl. The number of benzene rings is 2. The molecule has 2 aromatic rings. The van der Waals surface area contributed by atoms with E-state index in [0.717, 1.165) is 37.1 Å². The number of amides is 1. The lowest BCUT2D eigenvalue weighted by molar-refractivity contribution is 0.0930. The van der Waals surface area contributed by atoms with Crippen molar-refractivity contribution in [3.05, 3.63) is 59.1 Å². The minimum Gasteiger partial charge on any atom is -0.349 e. The van der Waals surface area contributed by atoms with Crippen molar-refractivity contribution >= 4 is 17.5 Å². The van der Waals surface area contributed by atoms with Crippen LogP contribution in [0.3, 0.4) is 0 Å². The molecular weight excluding hydrogens is 296 g/mol. The molecule has 0 bridgehead atoms. The van der Waals surface area contributed by atoms with E-state index in [1.54, 1.807) is 6.07 Å². The van der Waals surface area contributed by atoms with Gasteiger partial charge in [-0.15, -0.1) is 0 Å². The molecule has 114 valence electrons. The molecule has 0 unspecified atom stereocenters. The standard InChI is InChI=1S/C18H19ClN2O/c19-17-7-6-14(13-4-2-1-3-5-13)12-16(17)18(22)21-15-8-10-20-11-9-15/h1-7,12,15,20H,8-11H2,(H,21,22). The Morgan fingerprint density at radius 1 is 1.05 bits per heavy atom. The fourth-order valence-corrected chi connectivity index (χ4v) is 2.94. The summed E-state index contributed by atoms with van der Waals surface area (Å²) in [6.07, 6.45) is 1.92. The normalized spacial score (nSPS) is 15.5. The van der Waals surface area contributed by atoms with Crippen molar-refractivity contribution in [3.8, 4) is 11.1 Å². The minimum absolute atomic E-state index is 0.0883. The van der Waals surface area contributed by atoms with Gasteiger partial charge in [0.1, 0.15) is 0 Å². The molecule has 1 aliphatic rings. The Hall–Kier alpha value is -1.84. The minimum atomic E-state index is -0.0883. The highest BCUT2D eigenvalue weighted by Gasteiger charge is 2.18. The fourth-order valence-electron chi connectivity index (χ4n) is 2.74. The van der Waals surface area contributed by atoms with Crippen molar-refractivity contribution in [1.29, 1.82) is 0 Å². The van der Waals surface area contributed by atoms with Crippen molar-refractivity contribution in [2.75, 3.05) is 13.1 Å². The van der Waals surface area contributed by atoms with Crippen molar-refractivity contribution in [2.24, 2.45) is 0 Å². The smallest absolute Gasteiger partial charge is 0.253 e. The predicted molar refractivity (Wildman–Crippen MR) is 90.2 cm³/mol. The molecule has 2 N–H and O–H groups in total. The number of nitrogens with one attached hydrogen (secondary N) is 2. The molecule has 0 radical (unpaired) electrons. The number of carbonyl (C=O) groups excluding carboxylic acids is 1. The van der Waals surface area contributed by atoms with Gasteiger partial charge in [0.15, 0.2) is 0 Å². The zero-order valence-corrected chi connectivity index (χ0v) is 13.1. The number of carbonyl (C=O) groups is 1. The van der Waals surface area contributed by atoms with Crippen LogP contribution in [0.25, 0.3) is 11.1 Å². The van der Waals surface area contributed by atoms with Gasteiger partial charge in [0, 0.05) is 6.04 Å².